The van der Waals surface area contributed by atoms with Crippen LogP contribution >= 0.6 is 0 Å². The topological polar surface area (TPSA) is 58.1 Å². The van der Waals surface area contributed by atoms with Crippen LogP contribution in [0.25, 0.3) is 11.4 Å². The van der Waals surface area contributed by atoms with Crippen LogP contribution in [0.1, 0.15) is 28.0 Å². The minimum atomic E-state index is 0.652. The van der Waals surface area contributed by atoms with E-state index in [4.69, 9.17) is 0 Å². The van der Waals surface area contributed by atoms with Crippen molar-refractivity contribution in [2.24, 2.45) is 0 Å². The van der Waals surface area contributed by atoms with Crippen molar-refractivity contribution in [1.29, 1.82) is 0 Å². The lowest BCUT2D eigenvalue weighted by Gasteiger charge is -2.14. The maximum Gasteiger partial charge on any atom is 0.161 e. The van der Waals surface area contributed by atoms with E-state index in [1.165, 1.54) is 0 Å². The van der Waals surface area contributed by atoms with Gasteiger partial charge in [0.25, 0.3) is 0 Å². The minimum Gasteiger partial charge on any atom is -0.370 e. The molecule has 0 aliphatic carbocycles. The van der Waals surface area contributed by atoms with Crippen LogP contribution in [0.5, 0.6) is 0 Å². The lowest BCUT2D eigenvalue weighted by atomic mass is 10.1. The Morgan fingerprint density at radius 2 is 1.83 bits per heavy atom. The number of benzene rings is 1. The smallest absolute Gasteiger partial charge is 0.161 e. The molecule has 0 aliphatic rings. The molecule has 0 aliphatic heterocycles. The van der Waals surface area contributed by atoms with Gasteiger partial charge in [-0.25, -0.2) is 9.97 Å². The highest BCUT2D eigenvalue weighted by atomic mass is 16.1. The van der Waals surface area contributed by atoms with E-state index >= 15 is 0 Å². The van der Waals surface area contributed by atoms with E-state index in [1.54, 1.807) is 12.1 Å². The van der Waals surface area contributed by atoms with Crippen LogP contribution in [-0.4, -0.2) is 48.3 Å². The van der Waals surface area contributed by atoms with Gasteiger partial charge in [-0.15, -0.1) is 0 Å². The van der Waals surface area contributed by atoms with Crippen molar-refractivity contribution in [2.75, 3.05) is 32.5 Å². The molecule has 2 rings (SSSR count). The average Bonchev–Trinajstić information content (AvgIpc) is 2.55. The van der Waals surface area contributed by atoms with Crippen LogP contribution in [0.3, 0.4) is 0 Å². The number of carbonyl (C=O) groups is 1. The van der Waals surface area contributed by atoms with E-state index < -0.39 is 0 Å². The van der Waals surface area contributed by atoms with Gasteiger partial charge in [-0.1, -0.05) is 24.3 Å². The van der Waals surface area contributed by atoms with E-state index in [9.17, 15) is 4.79 Å². The predicted octanol–water partition coefficient (Wildman–Crippen LogP) is 2.94. The Kier molecular flexibility index (Phi) is 5.82. The van der Waals surface area contributed by atoms with Gasteiger partial charge < -0.3 is 10.2 Å². The lowest BCUT2D eigenvalue weighted by Crippen LogP contribution is -2.17. The monoisotopic (exact) mass is 312 g/mol. The molecule has 0 amide bonds. The average molecular weight is 312 g/mol. The molecule has 2 aromatic rings. The lowest BCUT2D eigenvalue weighted by molar-refractivity contribution is 0.112. The number of nitrogens with zero attached hydrogens (tertiary/aromatic N) is 3. The van der Waals surface area contributed by atoms with Gasteiger partial charge >= 0.3 is 0 Å². The maximum absolute atomic E-state index is 10.8. The zero-order valence-corrected chi connectivity index (χ0v) is 14.3. The number of anilines is 1. The molecule has 0 fully saturated rings. The molecule has 0 bridgehead atoms. The molecule has 0 spiro atoms. The second-order valence-corrected chi connectivity index (χ2v) is 5.93. The van der Waals surface area contributed by atoms with Gasteiger partial charge in [0.15, 0.2) is 5.82 Å². The summed E-state index contributed by atoms with van der Waals surface area (Å²) in [4.78, 5) is 22.1. The van der Waals surface area contributed by atoms with Crippen LogP contribution in [0.4, 0.5) is 5.82 Å². The molecule has 0 saturated heterocycles. The molecule has 1 heterocycles. The zero-order valence-electron chi connectivity index (χ0n) is 14.3. The van der Waals surface area contributed by atoms with E-state index in [1.807, 2.05) is 26.0 Å². The summed E-state index contributed by atoms with van der Waals surface area (Å²) in [6.07, 6.45) is 1.89. The fourth-order valence-electron chi connectivity index (χ4n) is 2.24. The van der Waals surface area contributed by atoms with Gasteiger partial charge in [-0.2, -0.15) is 0 Å². The Morgan fingerprint density at radius 1 is 1.13 bits per heavy atom. The van der Waals surface area contributed by atoms with Crippen LogP contribution in [0.15, 0.2) is 24.3 Å². The molecular weight excluding hydrogens is 288 g/mol. The van der Waals surface area contributed by atoms with Gasteiger partial charge in [-0.05, 0) is 40.9 Å². The molecular formula is C18H24N4O. The molecule has 1 aromatic heterocycles. The van der Waals surface area contributed by atoms with Crippen molar-refractivity contribution in [2.45, 2.75) is 20.3 Å². The van der Waals surface area contributed by atoms with Gasteiger partial charge in [-0.3, -0.25) is 4.79 Å². The largest absolute Gasteiger partial charge is 0.370 e. The second-order valence-electron chi connectivity index (χ2n) is 5.93. The van der Waals surface area contributed by atoms with Crippen molar-refractivity contribution in [3.05, 3.63) is 41.1 Å². The fraction of sp³-hybridized carbons (Fsp3) is 0.389. The summed E-state index contributed by atoms with van der Waals surface area (Å²) in [5.74, 6) is 1.56. The molecule has 1 N–H and O–H groups in total. The number of rotatable bonds is 7. The van der Waals surface area contributed by atoms with Gasteiger partial charge in [0, 0.05) is 28.9 Å². The number of aldehydes is 1. The number of aromatic nitrogens is 2. The molecule has 0 unspecified atom stereocenters. The predicted molar refractivity (Wildman–Crippen MR) is 94.0 cm³/mol. The van der Waals surface area contributed by atoms with Gasteiger partial charge in [0.1, 0.15) is 12.1 Å². The Balaban J connectivity index is 2.19. The summed E-state index contributed by atoms with van der Waals surface area (Å²) in [6.45, 7) is 5.93. The van der Waals surface area contributed by atoms with Crippen LogP contribution in [0, 0.1) is 13.8 Å². The van der Waals surface area contributed by atoms with E-state index in [0.717, 1.165) is 48.4 Å². The summed E-state index contributed by atoms with van der Waals surface area (Å²) in [6, 6.07) is 7.32. The first kappa shape index (κ1) is 17.1. The van der Waals surface area contributed by atoms with Crippen molar-refractivity contribution < 1.29 is 4.79 Å². The first-order valence-corrected chi connectivity index (χ1v) is 7.80. The molecule has 0 saturated carbocycles. The van der Waals surface area contributed by atoms with Crippen molar-refractivity contribution in [3.63, 3.8) is 0 Å². The first-order valence-electron chi connectivity index (χ1n) is 7.80. The van der Waals surface area contributed by atoms with E-state index in [2.05, 4.69) is 34.3 Å². The van der Waals surface area contributed by atoms with Crippen LogP contribution in [0.2, 0.25) is 0 Å². The minimum absolute atomic E-state index is 0.652. The van der Waals surface area contributed by atoms with Crippen molar-refractivity contribution in [3.8, 4) is 11.4 Å². The highest BCUT2D eigenvalue weighted by molar-refractivity contribution is 5.76. The number of hydrogen-bond acceptors (Lipinski definition) is 5. The third kappa shape index (κ3) is 4.60. The summed E-state index contributed by atoms with van der Waals surface area (Å²) in [5.41, 5.74) is 3.60. The Morgan fingerprint density at radius 3 is 2.43 bits per heavy atom. The molecule has 5 heteroatoms. The molecule has 5 nitrogen and oxygen atoms in total. The second kappa shape index (κ2) is 7.83. The normalized spacial score (nSPS) is 10.8. The summed E-state index contributed by atoms with van der Waals surface area (Å²) < 4.78 is 0. The van der Waals surface area contributed by atoms with Crippen LogP contribution < -0.4 is 5.32 Å². The third-order valence-corrected chi connectivity index (χ3v) is 3.77. The van der Waals surface area contributed by atoms with E-state index in [0.29, 0.717) is 11.4 Å². The van der Waals surface area contributed by atoms with Crippen LogP contribution in [-0.2, 0) is 0 Å². The molecule has 0 radical (unpaired) electrons. The highest BCUT2D eigenvalue weighted by Crippen LogP contribution is 2.21. The third-order valence-electron chi connectivity index (χ3n) is 3.77. The quantitative estimate of drug-likeness (QED) is 0.629. The fourth-order valence-corrected chi connectivity index (χ4v) is 2.24. The maximum atomic E-state index is 10.8. The first-order chi connectivity index (χ1) is 11.0. The van der Waals surface area contributed by atoms with Gasteiger partial charge in [0.05, 0.1) is 0 Å². The van der Waals surface area contributed by atoms with E-state index in [-0.39, 0.29) is 0 Å². The summed E-state index contributed by atoms with van der Waals surface area (Å²) >= 11 is 0. The van der Waals surface area contributed by atoms with Crippen molar-refractivity contribution >= 4 is 12.1 Å². The molecule has 23 heavy (non-hydrogen) atoms. The SMILES string of the molecule is Cc1nc(-c2ccc(C=O)cc2)nc(NCCCN(C)C)c1C. The van der Waals surface area contributed by atoms with Crippen molar-refractivity contribution in [1.82, 2.24) is 14.9 Å². The molecule has 122 valence electrons. The Bertz CT molecular complexity index is 665. The highest BCUT2D eigenvalue weighted by Gasteiger charge is 2.09. The number of hydrogen-bond donors (Lipinski definition) is 1. The Labute approximate surface area is 137 Å². The Hall–Kier alpha value is -2.27. The summed E-state index contributed by atoms with van der Waals surface area (Å²) in [5, 5.41) is 3.41. The van der Waals surface area contributed by atoms with Gasteiger partial charge in [0.2, 0.25) is 0 Å². The number of carbonyl (C=O) groups excluding carboxylic acids is 1. The molecule has 0 atom stereocenters. The number of nitrogens with one attached hydrogen (secondary N) is 1. The molecule has 1 aromatic carbocycles. The summed E-state index contributed by atoms with van der Waals surface area (Å²) in [7, 11) is 4.14. The zero-order chi connectivity index (χ0) is 16.8. The standard InChI is InChI=1S/C18H24N4O/c1-13-14(2)20-18(16-8-6-15(12-23)7-9-16)21-17(13)19-10-5-11-22(3)4/h6-9,12H,5,10-11H2,1-4H3,(H,19,20,21). The number of aryl methyl sites for hydroxylation is 1.